The molecule has 7 nitrogen and oxygen atoms in total. The third-order valence-corrected chi connectivity index (χ3v) is 4.20. The molecule has 0 aromatic heterocycles. The van der Waals surface area contributed by atoms with Gasteiger partial charge in [0.25, 0.3) is 0 Å². The molecule has 0 spiro atoms. The lowest BCUT2D eigenvalue weighted by Crippen LogP contribution is -2.50. The minimum absolute atomic E-state index is 0.0293. The van der Waals surface area contributed by atoms with Crippen molar-refractivity contribution in [1.82, 2.24) is 15.1 Å². The molecule has 0 radical (unpaired) electrons. The monoisotopic (exact) mass is 315 g/mol. The number of ether oxygens (including phenoxy) is 2. The molecular weight excluding hydrogens is 294 g/mol. The Morgan fingerprint density at radius 1 is 1.48 bits per heavy atom. The van der Waals surface area contributed by atoms with Gasteiger partial charge in [-0.05, 0) is 32.0 Å². The SMILES string of the molecule is COC(=O)CNC(=S)N1CCC(N2CC(C)OC2=O)CC1. The maximum absolute atomic E-state index is 11.7. The largest absolute Gasteiger partial charge is 0.468 e. The van der Waals surface area contributed by atoms with Crippen molar-refractivity contribution < 1.29 is 19.1 Å². The number of likely N-dealkylation sites (tertiary alicyclic amines) is 1. The summed E-state index contributed by atoms with van der Waals surface area (Å²) in [5.41, 5.74) is 0. The van der Waals surface area contributed by atoms with E-state index in [-0.39, 0.29) is 30.8 Å². The van der Waals surface area contributed by atoms with E-state index in [1.54, 1.807) is 0 Å². The highest BCUT2D eigenvalue weighted by molar-refractivity contribution is 7.80. The molecule has 1 atom stereocenters. The Balaban J connectivity index is 1.76. The summed E-state index contributed by atoms with van der Waals surface area (Å²) in [7, 11) is 1.34. The minimum atomic E-state index is -0.346. The first-order chi connectivity index (χ1) is 10.0. The third-order valence-electron chi connectivity index (χ3n) is 3.79. The summed E-state index contributed by atoms with van der Waals surface area (Å²) >= 11 is 5.26. The molecule has 0 aromatic rings. The third kappa shape index (κ3) is 3.96. The first-order valence-corrected chi connectivity index (χ1v) is 7.49. The number of nitrogens with zero attached hydrogens (tertiary/aromatic N) is 2. The molecule has 8 heteroatoms. The molecule has 2 fully saturated rings. The number of amides is 1. The molecular formula is C13H21N3O4S. The van der Waals surface area contributed by atoms with Gasteiger partial charge in [-0.3, -0.25) is 4.79 Å². The Labute approximate surface area is 129 Å². The number of rotatable bonds is 3. The van der Waals surface area contributed by atoms with Gasteiger partial charge in [-0.2, -0.15) is 0 Å². The number of methoxy groups -OCH3 is 1. The summed E-state index contributed by atoms with van der Waals surface area (Å²) in [6, 6.07) is 0.210. The molecule has 1 unspecified atom stereocenters. The van der Waals surface area contributed by atoms with Crippen molar-refractivity contribution in [3.05, 3.63) is 0 Å². The van der Waals surface area contributed by atoms with Crippen LogP contribution in [0.25, 0.3) is 0 Å². The summed E-state index contributed by atoms with van der Waals surface area (Å²) < 4.78 is 9.72. The van der Waals surface area contributed by atoms with Gasteiger partial charge in [-0.25, -0.2) is 4.79 Å². The minimum Gasteiger partial charge on any atom is -0.468 e. The van der Waals surface area contributed by atoms with E-state index in [0.29, 0.717) is 11.7 Å². The first kappa shape index (κ1) is 15.8. The fraction of sp³-hybridized carbons (Fsp3) is 0.769. The Bertz CT molecular complexity index is 424. The van der Waals surface area contributed by atoms with Crippen LogP contribution in [0.2, 0.25) is 0 Å². The van der Waals surface area contributed by atoms with Crippen molar-refractivity contribution in [3.63, 3.8) is 0 Å². The second-order valence-electron chi connectivity index (χ2n) is 5.30. The Hall–Kier alpha value is -1.57. The van der Waals surface area contributed by atoms with Crippen molar-refractivity contribution in [2.75, 3.05) is 33.3 Å². The summed E-state index contributed by atoms with van der Waals surface area (Å²) in [6.07, 6.45) is 1.45. The van der Waals surface area contributed by atoms with E-state index in [4.69, 9.17) is 17.0 Å². The van der Waals surface area contributed by atoms with Crippen LogP contribution in [0.15, 0.2) is 0 Å². The maximum atomic E-state index is 11.7. The summed E-state index contributed by atoms with van der Waals surface area (Å²) in [6.45, 7) is 4.16. The molecule has 1 amide bonds. The van der Waals surface area contributed by atoms with E-state index in [1.807, 2.05) is 16.7 Å². The number of piperidine rings is 1. The predicted octanol–water partition coefficient (Wildman–Crippen LogP) is 0.339. The smallest absolute Gasteiger partial charge is 0.410 e. The zero-order valence-electron chi connectivity index (χ0n) is 12.3. The molecule has 118 valence electrons. The molecule has 2 heterocycles. The molecule has 2 aliphatic rings. The fourth-order valence-corrected chi connectivity index (χ4v) is 2.89. The van der Waals surface area contributed by atoms with Crippen molar-refractivity contribution in [2.45, 2.75) is 31.9 Å². The van der Waals surface area contributed by atoms with Gasteiger partial charge in [0, 0.05) is 19.1 Å². The van der Waals surface area contributed by atoms with Gasteiger partial charge in [0.2, 0.25) is 0 Å². The summed E-state index contributed by atoms with van der Waals surface area (Å²) in [5.74, 6) is -0.346. The lowest BCUT2D eigenvalue weighted by molar-refractivity contribution is -0.139. The number of thiocarbonyl (C=S) groups is 1. The highest BCUT2D eigenvalue weighted by Crippen LogP contribution is 2.22. The predicted molar refractivity (Wildman–Crippen MR) is 79.9 cm³/mol. The summed E-state index contributed by atoms with van der Waals surface area (Å²) in [5, 5.41) is 3.43. The number of carbonyl (C=O) groups is 2. The van der Waals surface area contributed by atoms with Crippen LogP contribution in [0.4, 0.5) is 4.79 Å². The van der Waals surface area contributed by atoms with Gasteiger partial charge in [0.15, 0.2) is 5.11 Å². The molecule has 2 aliphatic heterocycles. The molecule has 2 saturated heterocycles. The molecule has 2 rings (SSSR count). The highest BCUT2D eigenvalue weighted by Gasteiger charge is 2.35. The summed E-state index contributed by atoms with van der Waals surface area (Å²) in [4.78, 5) is 26.6. The van der Waals surface area contributed by atoms with Crippen molar-refractivity contribution in [3.8, 4) is 0 Å². The lowest BCUT2D eigenvalue weighted by atomic mass is 10.0. The van der Waals surface area contributed by atoms with Crippen LogP contribution in [0.3, 0.4) is 0 Å². The normalized spacial score (nSPS) is 23.0. The molecule has 0 aliphatic carbocycles. The molecule has 21 heavy (non-hydrogen) atoms. The quantitative estimate of drug-likeness (QED) is 0.595. The van der Waals surface area contributed by atoms with Crippen LogP contribution in [0.5, 0.6) is 0 Å². The van der Waals surface area contributed by atoms with Crippen molar-refractivity contribution in [1.29, 1.82) is 0 Å². The van der Waals surface area contributed by atoms with Gasteiger partial charge >= 0.3 is 12.1 Å². The van der Waals surface area contributed by atoms with Crippen molar-refractivity contribution >= 4 is 29.4 Å². The molecule has 0 bridgehead atoms. The van der Waals surface area contributed by atoms with E-state index in [2.05, 4.69) is 10.1 Å². The number of cyclic esters (lactones) is 1. The second-order valence-corrected chi connectivity index (χ2v) is 5.69. The molecule has 0 aromatic carbocycles. The average molecular weight is 315 g/mol. The van der Waals surface area contributed by atoms with Crippen LogP contribution in [0, 0.1) is 0 Å². The highest BCUT2D eigenvalue weighted by atomic mass is 32.1. The standard InChI is InChI=1S/C13H21N3O4S/c1-9-8-16(13(18)20-9)10-3-5-15(6-4-10)12(21)14-7-11(17)19-2/h9-10H,3-8H2,1-2H3,(H,14,21). The van der Waals surface area contributed by atoms with Crippen LogP contribution in [-0.4, -0.2) is 72.4 Å². The van der Waals surface area contributed by atoms with Gasteiger partial charge in [0.05, 0.1) is 13.7 Å². The Kier molecular flexibility index (Phi) is 5.22. The van der Waals surface area contributed by atoms with Gasteiger partial charge < -0.3 is 24.6 Å². The number of hydrogen-bond acceptors (Lipinski definition) is 5. The second kappa shape index (κ2) is 6.93. The maximum Gasteiger partial charge on any atom is 0.410 e. The number of carbonyl (C=O) groups excluding carboxylic acids is 2. The fourth-order valence-electron chi connectivity index (χ4n) is 2.64. The van der Waals surface area contributed by atoms with E-state index in [9.17, 15) is 9.59 Å². The number of esters is 1. The zero-order chi connectivity index (χ0) is 15.4. The number of hydrogen-bond donors (Lipinski definition) is 1. The van der Waals surface area contributed by atoms with E-state index >= 15 is 0 Å². The van der Waals surface area contributed by atoms with Gasteiger partial charge in [-0.1, -0.05) is 0 Å². The Morgan fingerprint density at radius 2 is 2.14 bits per heavy atom. The Morgan fingerprint density at radius 3 is 2.67 bits per heavy atom. The lowest BCUT2D eigenvalue weighted by Gasteiger charge is -2.36. The average Bonchev–Trinajstić information content (AvgIpc) is 2.83. The van der Waals surface area contributed by atoms with Crippen molar-refractivity contribution in [2.24, 2.45) is 0 Å². The van der Waals surface area contributed by atoms with Crippen LogP contribution in [-0.2, 0) is 14.3 Å². The first-order valence-electron chi connectivity index (χ1n) is 7.08. The van der Waals surface area contributed by atoms with Gasteiger partial charge in [-0.15, -0.1) is 0 Å². The number of nitrogens with one attached hydrogen (secondary N) is 1. The van der Waals surface area contributed by atoms with E-state index in [1.165, 1.54) is 7.11 Å². The van der Waals surface area contributed by atoms with E-state index < -0.39 is 0 Å². The van der Waals surface area contributed by atoms with Crippen LogP contribution >= 0.6 is 12.2 Å². The van der Waals surface area contributed by atoms with Crippen LogP contribution < -0.4 is 5.32 Å². The van der Waals surface area contributed by atoms with Gasteiger partial charge in [0.1, 0.15) is 12.6 Å². The topological polar surface area (TPSA) is 71.1 Å². The molecule has 0 saturated carbocycles. The molecule has 1 N–H and O–H groups in total. The van der Waals surface area contributed by atoms with E-state index in [0.717, 1.165) is 25.9 Å². The van der Waals surface area contributed by atoms with Crippen LogP contribution in [0.1, 0.15) is 19.8 Å². The zero-order valence-corrected chi connectivity index (χ0v) is 13.1.